The zero-order valence-corrected chi connectivity index (χ0v) is 9.15. The SMILES string of the molecule is CSC(C)CCNC(=O)C(C)C#N. The first-order valence-corrected chi connectivity index (χ1v) is 5.60. The second-order valence-corrected chi connectivity index (χ2v) is 4.25. The Bertz CT molecular complexity index is 200. The summed E-state index contributed by atoms with van der Waals surface area (Å²) >= 11 is 1.77. The van der Waals surface area contributed by atoms with E-state index < -0.39 is 5.92 Å². The third-order valence-electron chi connectivity index (χ3n) is 1.84. The van der Waals surface area contributed by atoms with E-state index in [2.05, 4.69) is 12.2 Å². The Hall–Kier alpha value is -0.690. The Kier molecular flexibility index (Phi) is 6.43. The highest BCUT2D eigenvalue weighted by atomic mass is 32.2. The van der Waals surface area contributed by atoms with Gasteiger partial charge in [-0.3, -0.25) is 4.79 Å². The van der Waals surface area contributed by atoms with Crippen LogP contribution in [0, 0.1) is 17.2 Å². The summed E-state index contributed by atoms with van der Waals surface area (Å²) in [5.74, 6) is -0.708. The summed E-state index contributed by atoms with van der Waals surface area (Å²) < 4.78 is 0. The molecule has 0 spiro atoms. The van der Waals surface area contributed by atoms with E-state index in [1.807, 2.05) is 12.3 Å². The minimum absolute atomic E-state index is 0.171. The van der Waals surface area contributed by atoms with Crippen LogP contribution in [0.4, 0.5) is 0 Å². The van der Waals surface area contributed by atoms with Gasteiger partial charge in [-0.25, -0.2) is 0 Å². The van der Waals surface area contributed by atoms with Crippen LogP contribution in [0.1, 0.15) is 20.3 Å². The van der Waals surface area contributed by atoms with E-state index in [1.54, 1.807) is 18.7 Å². The summed E-state index contributed by atoms with van der Waals surface area (Å²) in [5, 5.41) is 11.7. The zero-order chi connectivity index (χ0) is 10.3. The Morgan fingerprint density at radius 3 is 2.69 bits per heavy atom. The van der Waals surface area contributed by atoms with Crippen molar-refractivity contribution in [3.63, 3.8) is 0 Å². The minimum Gasteiger partial charge on any atom is -0.355 e. The third-order valence-corrected chi connectivity index (χ3v) is 2.88. The van der Waals surface area contributed by atoms with Gasteiger partial charge in [-0.1, -0.05) is 6.92 Å². The van der Waals surface area contributed by atoms with Crippen molar-refractivity contribution in [2.45, 2.75) is 25.5 Å². The van der Waals surface area contributed by atoms with Gasteiger partial charge in [-0.05, 0) is 19.6 Å². The third kappa shape index (κ3) is 5.53. The maximum absolute atomic E-state index is 11.1. The molecule has 0 aromatic carbocycles. The molecule has 0 bridgehead atoms. The molecule has 0 aliphatic carbocycles. The van der Waals surface area contributed by atoms with Gasteiger partial charge >= 0.3 is 0 Å². The second-order valence-electron chi connectivity index (χ2n) is 2.98. The Balaban J connectivity index is 3.55. The van der Waals surface area contributed by atoms with Crippen LogP contribution in [0.3, 0.4) is 0 Å². The molecular formula is C9H16N2OS. The predicted molar refractivity (Wildman–Crippen MR) is 55.4 cm³/mol. The van der Waals surface area contributed by atoms with E-state index in [-0.39, 0.29) is 5.91 Å². The van der Waals surface area contributed by atoms with Gasteiger partial charge in [0.25, 0.3) is 0 Å². The Labute approximate surface area is 83.9 Å². The molecule has 3 nitrogen and oxygen atoms in total. The summed E-state index contributed by atoms with van der Waals surface area (Å²) in [4.78, 5) is 11.1. The average Bonchev–Trinajstić information content (AvgIpc) is 2.15. The van der Waals surface area contributed by atoms with Crippen molar-refractivity contribution in [2.75, 3.05) is 12.8 Å². The lowest BCUT2D eigenvalue weighted by Crippen LogP contribution is -2.30. The average molecular weight is 200 g/mol. The van der Waals surface area contributed by atoms with Gasteiger partial charge in [0.15, 0.2) is 0 Å². The number of nitrogens with one attached hydrogen (secondary N) is 1. The van der Waals surface area contributed by atoms with Crippen molar-refractivity contribution in [3.8, 4) is 6.07 Å². The molecule has 0 aliphatic rings. The van der Waals surface area contributed by atoms with Crippen LogP contribution in [-0.2, 0) is 4.79 Å². The fourth-order valence-electron chi connectivity index (χ4n) is 0.728. The topological polar surface area (TPSA) is 52.9 Å². The molecule has 0 rings (SSSR count). The molecule has 1 amide bonds. The second kappa shape index (κ2) is 6.79. The highest BCUT2D eigenvalue weighted by Gasteiger charge is 2.10. The highest BCUT2D eigenvalue weighted by Crippen LogP contribution is 2.07. The first-order chi connectivity index (χ1) is 6.11. The highest BCUT2D eigenvalue weighted by molar-refractivity contribution is 7.99. The molecule has 2 unspecified atom stereocenters. The molecule has 74 valence electrons. The number of rotatable bonds is 5. The maximum Gasteiger partial charge on any atom is 0.237 e. The summed E-state index contributed by atoms with van der Waals surface area (Å²) in [7, 11) is 0. The molecular weight excluding hydrogens is 184 g/mol. The van der Waals surface area contributed by atoms with Crippen molar-refractivity contribution in [1.82, 2.24) is 5.32 Å². The number of carbonyl (C=O) groups excluding carboxylic acids is 1. The monoisotopic (exact) mass is 200 g/mol. The number of thioether (sulfide) groups is 1. The van der Waals surface area contributed by atoms with Crippen LogP contribution in [0.2, 0.25) is 0 Å². The van der Waals surface area contributed by atoms with Crippen LogP contribution in [0.5, 0.6) is 0 Å². The quantitative estimate of drug-likeness (QED) is 0.730. The minimum atomic E-state index is -0.537. The van der Waals surface area contributed by atoms with Crippen molar-refractivity contribution >= 4 is 17.7 Å². The number of carbonyl (C=O) groups is 1. The largest absolute Gasteiger partial charge is 0.355 e. The first-order valence-electron chi connectivity index (χ1n) is 4.32. The zero-order valence-electron chi connectivity index (χ0n) is 8.33. The van der Waals surface area contributed by atoms with Gasteiger partial charge in [-0.15, -0.1) is 0 Å². The van der Waals surface area contributed by atoms with E-state index in [0.29, 0.717) is 11.8 Å². The van der Waals surface area contributed by atoms with Gasteiger partial charge in [0.1, 0.15) is 5.92 Å². The number of hydrogen-bond donors (Lipinski definition) is 1. The van der Waals surface area contributed by atoms with E-state index in [4.69, 9.17) is 5.26 Å². The molecule has 1 N–H and O–H groups in total. The van der Waals surface area contributed by atoms with Crippen molar-refractivity contribution < 1.29 is 4.79 Å². The molecule has 0 fully saturated rings. The van der Waals surface area contributed by atoms with Gasteiger partial charge in [0.05, 0.1) is 6.07 Å². The molecule has 0 aliphatic heterocycles. The predicted octanol–water partition coefficient (Wildman–Crippen LogP) is 1.40. The van der Waals surface area contributed by atoms with E-state index in [1.165, 1.54) is 0 Å². The number of nitrogens with zero attached hydrogens (tertiary/aromatic N) is 1. The Morgan fingerprint density at radius 2 is 2.23 bits per heavy atom. The summed E-state index contributed by atoms with van der Waals surface area (Å²) in [6.45, 7) is 4.38. The molecule has 4 heteroatoms. The Morgan fingerprint density at radius 1 is 1.62 bits per heavy atom. The lowest BCUT2D eigenvalue weighted by Gasteiger charge is -2.09. The molecule has 0 heterocycles. The normalized spacial score (nSPS) is 14.3. The molecule has 0 radical (unpaired) electrons. The molecule has 0 saturated carbocycles. The van der Waals surface area contributed by atoms with Crippen LogP contribution < -0.4 is 5.32 Å². The number of nitriles is 1. The van der Waals surface area contributed by atoms with Gasteiger partial charge in [0, 0.05) is 11.8 Å². The molecule has 2 atom stereocenters. The first kappa shape index (κ1) is 12.3. The van der Waals surface area contributed by atoms with Crippen molar-refractivity contribution in [1.29, 1.82) is 5.26 Å². The van der Waals surface area contributed by atoms with E-state index in [9.17, 15) is 4.79 Å². The molecule has 13 heavy (non-hydrogen) atoms. The fourth-order valence-corrected chi connectivity index (χ4v) is 1.08. The van der Waals surface area contributed by atoms with Gasteiger partial charge in [-0.2, -0.15) is 17.0 Å². The van der Waals surface area contributed by atoms with Crippen LogP contribution in [-0.4, -0.2) is 24.0 Å². The standard InChI is InChI=1S/C9H16N2OS/c1-7(6-10)9(12)11-5-4-8(2)13-3/h7-8H,4-5H2,1-3H3,(H,11,12). The number of amides is 1. The number of hydrogen-bond acceptors (Lipinski definition) is 3. The smallest absolute Gasteiger partial charge is 0.237 e. The lowest BCUT2D eigenvalue weighted by atomic mass is 10.2. The summed E-state index contributed by atoms with van der Waals surface area (Å²) in [6.07, 6.45) is 3.00. The van der Waals surface area contributed by atoms with Crippen LogP contribution >= 0.6 is 11.8 Å². The van der Waals surface area contributed by atoms with E-state index in [0.717, 1.165) is 6.42 Å². The van der Waals surface area contributed by atoms with Gasteiger partial charge < -0.3 is 5.32 Å². The fraction of sp³-hybridized carbons (Fsp3) is 0.778. The molecule has 0 aromatic rings. The molecule has 0 saturated heterocycles. The van der Waals surface area contributed by atoms with Crippen molar-refractivity contribution in [3.05, 3.63) is 0 Å². The maximum atomic E-state index is 11.1. The summed E-state index contributed by atoms with van der Waals surface area (Å²) in [6, 6.07) is 1.90. The lowest BCUT2D eigenvalue weighted by molar-refractivity contribution is -0.122. The summed E-state index contributed by atoms with van der Waals surface area (Å²) in [5.41, 5.74) is 0. The van der Waals surface area contributed by atoms with E-state index >= 15 is 0 Å². The molecule has 0 aromatic heterocycles. The van der Waals surface area contributed by atoms with Crippen molar-refractivity contribution in [2.24, 2.45) is 5.92 Å². The van der Waals surface area contributed by atoms with Crippen LogP contribution in [0.15, 0.2) is 0 Å². The van der Waals surface area contributed by atoms with Crippen LogP contribution in [0.25, 0.3) is 0 Å². The van der Waals surface area contributed by atoms with Gasteiger partial charge in [0.2, 0.25) is 5.91 Å².